The maximum atomic E-state index is 13.3. The van der Waals surface area contributed by atoms with Crippen LogP contribution in [0.3, 0.4) is 0 Å². The fourth-order valence-electron chi connectivity index (χ4n) is 2.07. The van der Waals surface area contributed by atoms with Gasteiger partial charge in [-0.1, -0.05) is 23.7 Å². The van der Waals surface area contributed by atoms with Gasteiger partial charge in [0, 0.05) is 12.1 Å². The molecule has 0 radical (unpaired) electrons. The number of rotatable bonds is 5. The molecule has 5 heteroatoms. The minimum atomic E-state index is -0.263. The summed E-state index contributed by atoms with van der Waals surface area (Å²) >= 11 is 6.13. The molecule has 2 aromatic carbocycles. The summed E-state index contributed by atoms with van der Waals surface area (Å²) in [6.45, 7) is 1.94. The molecule has 0 bridgehead atoms. The quantitative estimate of drug-likeness (QED) is 0.870. The molecule has 0 aliphatic rings. The molecule has 2 aromatic rings. The van der Waals surface area contributed by atoms with Crippen molar-refractivity contribution in [1.29, 1.82) is 0 Å². The van der Waals surface area contributed by atoms with Crippen LogP contribution in [0, 0.1) is 5.82 Å². The molecular weight excluding hydrogens is 293 g/mol. The molecule has 1 N–H and O–H groups in total. The fourth-order valence-corrected chi connectivity index (χ4v) is 2.31. The van der Waals surface area contributed by atoms with Crippen LogP contribution in [-0.4, -0.2) is 14.2 Å². The first kappa shape index (κ1) is 15.4. The van der Waals surface area contributed by atoms with Gasteiger partial charge in [0.05, 0.1) is 24.9 Å². The van der Waals surface area contributed by atoms with Gasteiger partial charge in [-0.3, -0.25) is 0 Å². The van der Waals surface area contributed by atoms with E-state index in [4.69, 9.17) is 21.1 Å². The van der Waals surface area contributed by atoms with E-state index in [1.54, 1.807) is 32.4 Å². The smallest absolute Gasteiger partial charge is 0.145 e. The van der Waals surface area contributed by atoms with Crippen LogP contribution < -0.4 is 14.8 Å². The Morgan fingerprint density at radius 3 is 2.43 bits per heavy atom. The average molecular weight is 310 g/mol. The lowest BCUT2D eigenvalue weighted by molar-refractivity contribution is 0.395. The number of anilines is 1. The molecule has 1 atom stereocenters. The summed E-state index contributed by atoms with van der Waals surface area (Å²) in [7, 11) is 3.11. The van der Waals surface area contributed by atoms with Crippen LogP contribution in [0.4, 0.5) is 10.1 Å². The van der Waals surface area contributed by atoms with Crippen LogP contribution in [0.15, 0.2) is 36.4 Å². The minimum Gasteiger partial charge on any atom is -0.495 e. The van der Waals surface area contributed by atoms with Crippen molar-refractivity contribution in [2.45, 2.75) is 13.0 Å². The Balaban J connectivity index is 2.28. The summed E-state index contributed by atoms with van der Waals surface area (Å²) in [5, 5.41) is 3.74. The van der Waals surface area contributed by atoms with E-state index in [-0.39, 0.29) is 11.9 Å². The first-order valence-corrected chi connectivity index (χ1v) is 6.86. The van der Waals surface area contributed by atoms with Gasteiger partial charge in [0.25, 0.3) is 0 Å². The van der Waals surface area contributed by atoms with Crippen molar-refractivity contribution in [3.8, 4) is 11.5 Å². The monoisotopic (exact) mass is 309 g/mol. The first-order chi connectivity index (χ1) is 10.0. The van der Waals surface area contributed by atoms with Gasteiger partial charge in [0.1, 0.15) is 17.3 Å². The van der Waals surface area contributed by atoms with E-state index in [1.165, 1.54) is 12.1 Å². The van der Waals surface area contributed by atoms with Gasteiger partial charge in [-0.05, 0) is 30.7 Å². The summed E-state index contributed by atoms with van der Waals surface area (Å²) in [6.07, 6.45) is 0. The highest BCUT2D eigenvalue weighted by molar-refractivity contribution is 6.32. The van der Waals surface area contributed by atoms with E-state index in [1.807, 2.05) is 13.0 Å². The molecule has 112 valence electrons. The third kappa shape index (κ3) is 3.58. The van der Waals surface area contributed by atoms with Crippen molar-refractivity contribution in [2.75, 3.05) is 19.5 Å². The zero-order valence-corrected chi connectivity index (χ0v) is 12.9. The number of nitrogens with one attached hydrogen (secondary N) is 1. The zero-order chi connectivity index (χ0) is 15.4. The summed E-state index contributed by atoms with van der Waals surface area (Å²) < 4.78 is 23.8. The van der Waals surface area contributed by atoms with Crippen molar-refractivity contribution in [3.05, 3.63) is 52.8 Å². The Hall–Kier alpha value is -1.94. The number of hydrogen-bond acceptors (Lipinski definition) is 3. The van der Waals surface area contributed by atoms with Crippen LogP contribution in [0.2, 0.25) is 5.02 Å². The maximum Gasteiger partial charge on any atom is 0.145 e. The Labute approximate surface area is 128 Å². The van der Waals surface area contributed by atoms with E-state index in [0.717, 1.165) is 11.3 Å². The SMILES string of the molecule is COc1cc(OC)c(NC(C)c2cccc(F)c2)cc1Cl. The van der Waals surface area contributed by atoms with E-state index in [9.17, 15) is 4.39 Å². The second-order valence-corrected chi connectivity index (χ2v) is 5.02. The van der Waals surface area contributed by atoms with Gasteiger partial charge in [0.2, 0.25) is 0 Å². The topological polar surface area (TPSA) is 30.5 Å². The molecule has 1 unspecified atom stereocenters. The van der Waals surface area contributed by atoms with E-state index >= 15 is 0 Å². The van der Waals surface area contributed by atoms with Gasteiger partial charge in [-0.2, -0.15) is 0 Å². The highest BCUT2D eigenvalue weighted by Gasteiger charge is 2.13. The molecule has 2 rings (SSSR count). The van der Waals surface area contributed by atoms with Crippen molar-refractivity contribution >= 4 is 17.3 Å². The summed E-state index contributed by atoms with van der Waals surface area (Å²) in [6, 6.07) is 9.80. The molecular formula is C16H17ClFNO2. The van der Waals surface area contributed by atoms with Crippen molar-refractivity contribution in [2.24, 2.45) is 0 Å². The van der Waals surface area contributed by atoms with Crippen LogP contribution in [0.5, 0.6) is 11.5 Å². The van der Waals surface area contributed by atoms with Gasteiger partial charge in [-0.15, -0.1) is 0 Å². The lowest BCUT2D eigenvalue weighted by Crippen LogP contribution is -2.08. The van der Waals surface area contributed by atoms with Crippen molar-refractivity contribution in [1.82, 2.24) is 0 Å². The van der Waals surface area contributed by atoms with E-state index in [0.29, 0.717) is 16.5 Å². The molecule has 21 heavy (non-hydrogen) atoms. The molecule has 0 fully saturated rings. The normalized spacial score (nSPS) is 11.9. The van der Waals surface area contributed by atoms with Gasteiger partial charge >= 0.3 is 0 Å². The molecule has 0 heterocycles. The predicted molar refractivity (Wildman–Crippen MR) is 83.0 cm³/mol. The number of hydrogen-bond donors (Lipinski definition) is 1. The van der Waals surface area contributed by atoms with Gasteiger partial charge in [0.15, 0.2) is 0 Å². The Bertz CT molecular complexity index is 634. The fraction of sp³-hybridized carbons (Fsp3) is 0.250. The Kier molecular flexibility index (Phi) is 4.91. The maximum absolute atomic E-state index is 13.3. The molecule has 0 saturated carbocycles. The molecule has 0 saturated heterocycles. The van der Waals surface area contributed by atoms with Crippen molar-refractivity contribution in [3.63, 3.8) is 0 Å². The molecule has 0 aliphatic heterocycles. The summed E-state index contributed by atoms with van der Waals surface area (Å²) in [4.78, 5) is 0. The Morgan fingerprint density at radius 2 is 1.81 bits per heavy atom. The highest BCUT2D eigenvalue weighted by Crippen LogP contribution is 2.37. The second kappa shape index (κ2) is 6.68. The summed E-state index contributed by atoms with van der Waals surface area (Å²) in [5.74, 6) is 0.887. The van der Waals surface area contributed by atoms with Crippen LogP contribution >= 0.6 is 11.6 Å². The molecule has 0 aliphatic carbocycles. The number of halogens is 2. The lowest BCUT2D eigenvalue weighted by atomic mass is 10.1. The van der Waals surface area contributed by atoms with Crippen LogP contribution in [-0.2, 0) is 0 Å². The molecule has 0 amide bonds. The zero-order valence-electron chi connectivity index (χ0n) is 12.1. The minimum absolute atomic E-state index is 0.0981. The molecule has 3 nitrogen and oxygen atoms in total. The van der Waals surface area contributed by atoms with Crippen LogP contribution in [0.25, 0.3) is 0 Å². The predicted octanol–water partition coefficient (Wildman–Crippen LogP) is 4.67. The van der Waals surface area contributed by atoms with Gasteiger partial charge in [-0.25, -0.2) is 4.39 Å². The lowest BCUT2D eigenvalue weighted by Gasteiger charge is -2.19. The third-order valence-electron chi connectivity index (χ3n) is 3.19. The largest absolute Gasteiger partial charge is 0.495 e. The molecule has 0 aromatic heterocycles. The number of benzene rings is 2. The average Bonchev–Trinajstić information content (AvgIpc) is 2.47. The number of methoxy groups -OCH3 is 2. The third-order valence-corrected chi connectivity index (χ3v) is 3.49. The highest BCUT2D eigenvalue weighted by atomic mass is 35.5. The Morgan fingerprint density at radius 1 is 1.10 bits per heavy atom. The van der Waals surface area contributed by atoms with Gasteiger partial charge < -0.3 is 14.8 Å². The number of ether oxygens (including phenoxy) is 2. The first-order valence-electron chi connectivity index (χ1n) is 6.48. The van der Waals surface area contributed by atoms with E-state index in [2.05, 4.69) is 5.32 Å². The molecule has 0 spiro atoms. The van der Waals surface area contributed by atoms with E-state index < -0.39 is 0 Å². The van der Waals surface area contributed by atoms with Crippen molar-refractivity contribution < 1.29 is 13.9 Å². The summed E-state index contributed by atoms with van der Waals surface area (Å²) in [5.41, 5.74) is 1.56. The standard InChI is InChI=1S/C16H17ClFNO2/c1-10(11-5-4-6-12(18)7-11)19-14-8-13(17)15(20-2)9-16(14)21-3/h4-10,19H,1-3H3. The van der Waals surface area contributed by atoms with Crippen LogP contribution in [0.1, 0.15) is 18.5 Å². The second-order valence-electron chi connectivity index (χ2n) is 4.61.